The minimum absolute atomic E-state index is 0.167. The fourth-order valence-electron chi connectivity index (χ4n) is 6.18. The van der Waals surface area contributed by atoms with Crippen LogP contribution in [0.15, 0.2) is 66.7 Å². The molecule has 1 aliphatic carbocycles. The van der Waals surface area contributed by atoms with Gasteiger partial charge in [0.05, 0.1) is 19.3 Å². The van der Waals surface area contributed by atoms with E-state index in [0.717, 1.165) is 22.3 Å². The second-order valence-corrected chi connectivity index (χ2v) is 12.7. The molecule has 1 saturated carbocycles. The van der Waals surface area contributed by atoms with E-state index in [2.05, 4.69) is 41.9 Å². The number of aliphatic hydroxyl groups excluding tert-OH is 2. The first-order valence-corrected chi connectivity index (χ1v) is 16.8. The van der Waals surface area contributed by atoms with Crippen molar-refractivity contribution in [3.8, 4) is 22.5 Å². The summed E-state index contributed by atoms with van der Waals surface area (Å²) in [5.74, 6) is -0.697. The van der Waals surface area contributed by atoms with Gasteiger partial charge in [-0.2, -0.15) is 5.21 Å². The molecule has 4 amide bonds. The molecule has 1 heterocycles. The molecule has 3 aromatic carbocycles. The van der Waals surface area contributed by atoms with Crippen LogP contribution in [0.3, 0.4) is 0 Å². The highest BCUT2D eigenvalue weighted by Crippen LogP contribution is 2.29. The fourth-order valence-corrected chi connectivity index (χ4v) is 6.18. The van der Waals surface area contributed by atoms with Crippen LogP contribution in [0.5, 0.6) is 0 Å². The second-order valence-electron chi connectivity index (χ2n) is 12.7. The largest absolute Gasteiger partial charge is 0.465 e. The summed E-state index contributed by atoms with van der Waals surface area (Å²) in [4.78, 5) is 50.6. The van der Waals surface area contributed by atoms with E-state index in [-0.39, 0.29) is 43.3 Å². The number of aryl methyl sites for hydroxylation is 1. The minimum atomic E-state index is -1.06. The van der Waals surface area contributed by atoms with Gasteiger partial charge in [0.25, 0.3) is 5.91 Å². The number of benzene rings is 3. The van der Waals surface area contributed by atoms with Crippen molar-refractivity contribution in [2.45, 2.75) is 51.1 Å². The maximum absolute atomic E-state index is 13.7. The first-order valence-electron chi connectivity index (χ1n) is 16.8. The highest BCUT2D eigenvalue weighted by molar-refractivity contribution is 5.98. The van der Waals surface area contributed by atoms with E-state index in [9.17, 15) is 29.4 Å². The van der Waals surface area contributed by atoms with E-state index in [1.165, 1.54) is 0 Å². The number of aliphatic hydroxyl groups is 2. The number of nitrogens with zero attached hydrogens (tertiary/aromatic N) is 3. The molecule has 5 rings (SSSR count). The Bertz CT molecular complexity index is 1790. The SMILES string of the molecule is Cc1cc(C(=O)NC(CO)CO)ccc1-c1ccc(C[C@H](NC(=O)C2CCC(CNC(=O)O)CC2)C(=O)Nc2ccc(-c3nn[nH]n3)cc2)cc1. The zero-order chi connectivity index (χ0) is 36.3. The third-order valence-corrected chi connectivity index (χ3v) is 9.12. The Labute approximate surface area is 294 Å². The summed E-state index contributed by atoms with van der Waals surface area (Å²) in [6, 6.07) is 18.2. The average Bonchev–Trinajstić information content (AvgIpc) is 3.69. The van der Waals surface area contributed by atoms with Crippen LogP contribution in [0.4, 0.5) is 10.5 Å². The van der Waals surface area contributed by atoms with Crippen LogP contribution in [0.25, 0.3) is 22.5 Å². The second kappa shape index (κ2) is 17.3. The highest BCUT2D eigenvalue weighted by Gasteiger charge is 2.30. The lowest BCUT2D eigenvalue weighted by molar-refractivity contribution is -0.130. The lowest BCUT2D eigenvalue weighted by Gasteiger charge is -2.29. The Morgan fingerprint density at radius 3 is 2.18 bits per heavy atom. The molecule has 15 nitrogen and oxygen atoms in total. The normalized spacial score (nSPS) is 16.2. The Hall–Kier alpha value is -5.67. The van der Waals surface area contributed by atoms with E-state index in [1.54, 1.807) is 36.4 Å². The van der Waals surface area contributed by atoms with Crippen LogP contribution in [-0.4, -0.2) is 91.6 Å². The summed E-state index contributed by atoms with van der Waals surface area (Å²) in [6.07, 6.45) is 1.78. The number of rotatable bonds is 14. The quantitative estimate of drug-likeness (QED) is 0.0959. The van der Waals surface area contributed by atoms with E-state index < -0.39 is 24.1 Å². The molecule has 1 aromatic heterocycles. The maximum atomic E-state index is 13.7. The van der Waals surface area contributed by atoms with Crippen LogP contribution < -0.4 is 21.3 Å². The van der Waals surface area contributed by atoms with Gasteiger partial charge in [-0.1, -0.05) is 30.3 Å². The molecule has 0 spiro atoms. The maximum Gasteiger partial charge on any atom is 0.404 e. The standard InChI is InChI=1S/C36H42N8O7/c1-21-16-27(34(48)39-29(19-45)20-46)12-15-30(21)24-6-2-22(3-7-24)17-31(40-33(47)26-8-4-23(5-9-26)18-37-36(50)51)35(49)38-28-13-10-25(11-14-28)32-41-43-44-42-32/h2-3,6-7,10-16,23,26,29,31,37,45-46H,4-5,8-9,17-20H2,1H3,(H,38,49)(H,39,48)(H,40,47)(H,50,51)(H,41,42,43,44)/t23?,26?,31-/m0/s1. The van der Waals surface area contributed by atoms with Gasteiger partial charge in [0.1, 0.15) is 6.04 Å². The number of hydrogen-bond acceptors (Lipinski definition) is 9. The van der Waals surface area contributed by atoms with E-state index >= 15 is 0 Å². The number of amides is 4. The number of H-pyrrole nitrogens is 1. The topological polar surface area (TPSA) is 232 Å². The molecule has 51 heavy (non-hydrogen) atoms. The van der Waals surface area contributed by atoms with Gasteiger partial charge in [-0.3, -0.25) is 14.4 Å². The van der Waals surface area contributed by atoms with E-state index in [0.29, 0.717) is 54.9 Å². The van der Waals surface area contributed by atoms with E-state index in [4.69, 9.17) is 5.11 Å². The van der Waals surface area contributed by atoms with Gasteiger partial charge >= 0.3 is 6.09 Å². The Kier molecular flexibility index (Phi) is 12.4. The van der Waals surface area contributed by atoms with Gasteiger partial charge in [-0.15, -0.1) is 10.2 Å². The number of carbonyl (C=O) groups excluding carboxylic acids is 3. The lowest BCUT2D eigenvalue weighted by atomic mass is 9.81. The molecule has 8 N–H and O–H groups in total. The predicted molar refractivity (Wildman–Crippen MR) is 187 cm³/mol. The number of aromatic nitrogens is 4. The number of hydrogen-bond donors (Lipinski definition) is 8. The van der Waals surface area contributed by atoms with Crippen molar-refractivity contribution >= 4 is 29.5 Å². The van der Waals surface area contributed by atoms with E-state index in [1.807, 2.05) is 37.3 Å². The lowest BCUT2D eigenvalue weighted by Crippen LogP contribution is -2.48. The monoisotopic (exact) mass is 698 g/mol. The number of carbonyl (C=O) groups is 4. The van der Waals surface area contributed by atoms with Gasteiger partial charge in [0.15, 0.2) is 0 Å². The number of aromatic amines is 1. The first kappa shape index (κ1) is 36.6. The smallest absolute Gasteiger partial charge is 0.404 e. The van der Waals surface area contributed by atoms with Gasteiger partial charge in [0, 0.05) is 35.7 Å². The number of nitrogens with one attached hydrogen (secondary N) is 5. The van der Waals surface area contributed by atoms with Gasteiger partial charge in [0.2, 0.25) is 17.6 Å². The number of anilines is 1. The fraction of sp³-hybridized carbons (Fsp3) is 0.361. The Balaban J connectivity index is 1.28. The molecule has 1 atom stereocenters. The molecule has 0 bridgehead atoms. The van der Waals surface area contributed by atoms with Crippen molar-refractivity contribution in [2.75, 3.05) is 25.1 Å². The first-order chi connectivity index (χ1) is 24.6. The summed E-state index contributed by atoms with van der Waals surface area (Å²) in [6.45, 7) is 1.49. The van der Waals surface area contributed by atoms with Gasteiger partial charge < -0.3 is 36.6 Å². The highest BCUT2D eigenvalue weighted by atomic mass is 16.4. The van der Waals surface area contributed by atoms with Crippen molar-refractivity contribution in [1.29, 1.82) is 0 Å². The van der Waals surface area contributed by atoms with Crippen molar-refractivity contribution in [3.05, 3.63) is 83.4 Å². The summed E-state index contributed by atoms with van der Waals surface area (Å²) < 4.78 is 0. The Morgan fingerprint density at radius 1 is 0.882 bits per heavy atom. The number of tetrazole rings is 1. The molecule has 4 aromatic rings. The van der Waals surface area contributed by atoms with Gasteiger partial charge in [-0.05, 0) is 102 Å². The summed E-state index contributed by atoms with van der Waals surface area (Å²) in [5.41, 5.74) is 5.12. The van der Waals surface area contributed by atoms with Crippen molar-refractivity contribution in [1.82, 2.24) is 36.6 Å². The third kappa shape index (κ3) is 9.95. The summed E-state index contributed by atoms with van der Waals surface area (Å²) >= 11 is 0. The molecule has 0 radical (unpaired) electrons. The molecule has 1 aliphatic rings. The Morgan fingerprint density at radius 2 is 1.57 bits per heavy atom. The molecule has 0 unspecified atom stereocenters. The van der Waals surface area contributed by atoms with Crippen LogP contribution >= 0.6 is 0 Å². The van der Waals surface area contributed by atoms with Crippen molar-refractivity contribution < 1.29 is 34.5 Å². The summed E-state index contributed by atoms with van der Waals surface area (Å²) in [7, 11) is 0. The van der Waals surface area contributed by atoms with Crippen LogP contribution in [-0.2, 0) is 16.0 Å². The van der Waals surface area contributed by atoms with Crippen molar-refractivity contribution in [2.24, 2.45) is 11.8 Å². The molecule has 268 valence electrons. The average molecular weight is 699 g/mol. The molecule has 0 saturated heterocycles. The predicted octanol–water partition coefficient (Wildman–Crippen LogP) is 2.67. The molecule has 0 aliphatic heterocycles. The zero-order valence-electron chi connectivity index (χ0n) is 28.1. The third-order valence-electron chi connectivity index (χ3n) is 9.12. The minimum Gasteiger partial charge on any atom is -0.465 e. The van der Waals surface area contributed by atoms with Crippen LogP contribution in [0, 0.1) is 18.8 Å². The van der Waals surface area contributed by atoms with Crippen LogP contribution in [0.2, 0.25) is 0 Å². The molecule has 1 fully saturated rings. The molecule has 15 heteroatoms. The van der Waals surface area contributed by atoms with Crippen molar-refractivity contribution in [3.63, 3.8) is 0 Å². The zero-order valence-corrected chi connectivity index (χ0v) is 28.1. The summed E-state index contributed by atoms with van der Waals surface area (Å²) in [5, 5.41) is 52.3. The molecular weight excluding hydrogens is 656 g/mol. The molecular formula is C36H42N8O7. The van der Waals surface area contributed by atoms with Gasteiger partial charge in [-0.25, -0.2) is 4.79 Å². The van der Waals surface area contributed by atoms with Crippen LogP contribution in [0.1, 0.15) is 47.2 Å². The number of carboxylic acid groups (broad SMARTS) is 1.